The summed E-state index contributed by atoms with van der Waals surface area (Å²) in [5, 5.41) is 2.97. The van der Waals surface area contributed by atoms with E-state index in [4.69, 9.17) is 0 Å². The molecule has 1 N–H and O–H groups in total. The number of anilines is 1. The molecule has 3 rings (SSSR count). The van der Waals surface area contributed by atoms with E-state index in [9.17, 15) is 9.59 Å². The Hall–Kier alpha value is -2.82. The van der Waals surface area contributed by atoms with Gasteiger partial charge in [-0.25, -0.2) is 0 Å². The second-order valence-corrected chi connectivity index (χ2v) is 8.60. The lowest BCUT2D eigenvalue weighted by atomic mass is 10.0. The van der Waals surface area contributed by atoms with Crippen molar-refractivity contribution in [3.63, 3.8) is 0 Å². The molecule has 2 aromatic rings. The van der Waals surface area contributed by atoms with E-state index in [2.05, 4.69) is 42.3 Å². The highest BCUT2D eigenvalue weighted by molar-refractivity contribution is 5.97. The molecule has 0 bridgehead atoms. The second kappa shape index (κ2) is 9.33. The molecule has 1 atom stereocenters. The normalized spacial score (nSPS) is 15.3. The number of amides is 2. The SMILES string of the molecule is Cc1cccc(C(=O)NC(C(=O)N2CCN(c3cccc(C)c3C)CC2)C(C)C)c1. The van der Waals surface area contributed by atoms with Crippen molar-refractivity contribution in [2.45, 2.75) is 40.7 Å². The van der Waals surface area contributed by atoms with Crippen LogP contribution < -0.4 is 10.2 Å². The number of hydrogen-bond donors (Lipinski definition) is 1. The Bertz CT molecular complexity index is 914. The average Bonchev–Trinajstić information content (AvgIpc) is 2.73. The van der Waals surface area contributed by atoms with Gasteiger partial charge in [0.15, 0.2) is 0 Å². The third-order valence-corrected chi connectivity index (χ3v) is 6.01. The molecule has 1 fully saturated rings. The molecule has 5 nitrogen and oxygen atoms in total. The van der Waals surface area contributed by atoms with E-state index in [1.54, 1.807) is 6.07 Å². The number of carbonyl (C=O) groups is 2. The monoisotopic (exact) mass is 407 g/mol. The van der Waals surface area contributed by atoms with Crippen LogP contribution in [0.3, 0.4) is 0 Å². The molecule has 0 aliphatic carbocycles. The van der Waals surface area contributed by atoms with Crippen LogP contribution in [0, 0.1) is 26.7 Å². The Balaban J connectivity index is 1.65. The lowest BCUT2D eigenvalue weighted by Crippen LogP contribution is -2.56. The molecule has 2 amide bonds. The van der Waals surface area contributed by atoms with Crippen LogP contribution in [0.2, 0.25) is 0 Å². The average molecular weight is 408 g/mol. The molecular formula is C25H33N3O2. The van der Waals surface area contributed by atoms with Gasteiger partial charge in [0.1, 0.15) is 6.04 Å². The molecule has 0 spiro atoms. The lowest BCUT2D eigenvalue weighted by Gasteiger charge is -2.39. The van der Waals surface area contributed by atoms with Crippen LogP contribution in [0.25, 0.3) is 0 Å². The van der Waals surface area contributed by atoms with Crippen LogP contribution in [-0.2, 0) is 4.79 Å². The Morgan fingerprint density at radius 2 is 1.60 bits per heavy atom. The number of nitrogens with one attached hydrogen (secondary N) is 1. The van der Waals surface area contributed by atoms with Gasteiger partial charge >= 0.3 is 0 Å². The fourth-order valence-electron chi connectivity index (χ4n) is 3.97. The molecule has 30 heavy (non-hydrogen) atoms. The van der Waals surface area contributed by atoms with Crippen molar-refractivity contribution in [3.05, 3.63) is 64.7 Å². The highest BCUT2D eigenvalue weighted by Crippen LogP contribution is 2.24. The number of benzene rings is 2. The van der Waals surface area contributed by atoms with Crippen LogP contribution in [0.5, 0.6) is 0 Å². The maximum absolute atomic E-state index is 13.2. The molecule has 0 saturated carbocycles. The quantitative estimate of drug-likeness (QED) is 0.822. The third-order valence-electron chi connectivity index (χ3n) is 6.01. The molecule has 1 unspecified atom stereocenters. The summed E-state index contributed by atoms with van der Waals surface area (Å²) in [4.78, 5) is 30.2. The molecule has 0 aromatic heterocycles. The number of carbonyl (C=O) groups excluding carboxylic acids is 2. The maximum atomic E-state index is 13.2. The minimum atomic E-state index is -0.523. The van der Waals surface area contributed by atoms with Crippen LogP contribution >= 0.6 is 0 Å². The van der Waals surface area contributed by atoms with Crippen molar-refractivity contribution in [3.8, 4) is 0 Å². The van der Waals surface area contributed by atoms with Gasteiger partial charge in [-0.2, -0.15) is 0 Å². The zero-order valence-electron chi connectivity index (χ0n) is 18.7. The summed E-state index contributed by atoms with van der Waals surface area (Å²) in [5.74, 6) is -0.172. The number of aryl methyl sites for hydroxylation is 2. The maximum Gasteiger partial charge on any atom is 0.251 e. The fourth-order valence-corrected chi connectivity index (χ4v) is 3.97. The Morgan fingerprint density at radius 3 is 2.23 bits per heavy atom. The van der Waals surface area contributed by atoms with Crippen molar-refractivity contribution in [2.75, 3.05) is 31.1 Å². The summed E-state index contributed by atoms with van der Waals surface area (Å²) in [6.45, 7) is 13.1. The van der Waals surface area contributed by atoms with Crippen LogP contribution in [0.4, 0.5) is 5.69 Å². The largest absolute Gasteiger partial charge is 0.368 e. The summed E-state index contributed by atoms with van der Waals surface area (Å²) in [7, 11) is 0. The summed E-state index contributed by atoms with van der Waals surface area (Å²) in [5.41, 5.74) is 5.44. The number of rotatable bonds is 5. The first-order valence-electron chi connectivity index (χ1n) is 10.8. The first-order chi connectivity index (χ1) is 14.3. The fraction of sp³-hybridized carbons (Fsp3) is 0.440. The first kappa shape index (κ1) is 21.9. The Kier molecular flexibility index (Phi) is 6.80. The summed E-state index contributed by atoms with van der Waals surface area (Å²) in [6, 6.07) is 13.3. The van der Waals surface area contributed by atoms with E-state index in [0.29, 0.717) is 18.7 Å². The van der Waals surface area contributed by atoms with Crippen molar-refractivity contribution in [1.29, 1.82) is 0 Å². The van der Waals surface area contributed by atoms with Crippen molar-refractivity contribution in [2.24, 2.45) is 5.92 Å². The van der Waals surface area contributed by atoms with Gasteiger partial charge in [-0.05, 0) is 56.0 Å². The Labute approximate surface area is 180 Å². The van der Waals surface area contributed by atoms with Crippen LogP contribution in [-0.4, -0.2) is 48.9 Å². The highest BCUT2D eigenvalue weighted by Gasteiger charge is 2.31. The standard InChI is InChI=1S/C25H33N3O2/c1-17(2)23(26-24(29)21-10-6-8-18(3)16-21)25(30)28-14-12-27(13-15-28)22-11-7-9-19(4)20(22)5/h6-11,16-17,23H,12-15H2,1-5H3,(H,26,29). The molecular weight excluding hydrogens is 374 g/mol. The molecule has 2 aromatic carbocycles. The van der Waals surface area contributed by atoms with Gasteiger partial charge in [-0.3, -0.25) is 9.59 Å². The number of hydrogen-bond acceptors (Lipinski definition) is 3. The number of nitrogens with zero attached hydrogens (tertiary/aromatic N) is 2. The van der Waals surface area contributed by atoms with Gasteiger partial charge < -0.3 is 15.1 Å². The predicted octanol–water partition coefficient (Wildman–Crippen LogP) is 3.72. The Morgan fingerprint density at radius 1 is 0.933 bits per heavy atom. The zero-order valence-corrected chi connectivity index (χ0v) is 18.7. The molecule has 1 heterocycles. The summed E-state index contributed by atoms with van der Waals surface area (Å²) in [6.07, 6.45) is 0. The minimum Gasteiger partial charge on any atom is -0.368 e. The third kappa shape index (κ3) is 4.84. The topological polar surface area (TPSA) is 52.7 Å². The van der Waals surface area contributed by atoms with E-state index >= 15 is 0 Å². The number of piperazine rings is 1. The minimum absolute atomic E-state index is 0.00613. The van der Waals surface area contributed by atoms with Crippen LogP contribution in [0.15, 0.2) is 42.5 Å². The lowest BCUT2D eigenvalue weighted by molar-refractivity contribution is -0.134. The molecule has 1 saturated heterocycles. The van der Waals surface area contributed by atoms with E-state index in [-0.39, 0.29) is 17.7 Å². The predicted molar refractivity (Wildman–Crippen MR) is 122 cm³/mol. The van der Waals surface area contributed by atoms with Gasteiger partial charge in [0, 0.05) is 37.4 Å². The van der Waals surface area contributed by atoms with Gasteiger partial charge in [0.25, 0.3) is 5.91 Å². The zero-order chi connectivity index (χ0) is 21.8. The van der Waals surface area contributed by atoms with Crippen molar-refractivity contribution < 1.29 is 9.59 Å². The van der Waals surface area contributed by atoms with Gasteiger partial charge in [0.2, 0.25) is 5.91 Å². The van der Waals surface area contributed by atoms with Gasteiger partial charge in [0.05, 0.1) is 0 Å². The van der Waals surface area contributed by atoms with E-state index < -0.39 is 6.04 Å². The van der Waals surface area contributed by atoms with E-state index in [1.165, 1.54) is 16.8 Å². The smallest absolute Gasteiger partial charge is 0.251 e. The first-order valence-corrected chi connectivity index (χ1v) is 10.8. The van der Waals surface area contributed by atoms with Gasteiger partial charge in [-0.1, -0.05) is 43.7 Å². The molecule has 160 valence electrons. The summed E-state index contributed by atoms with van der Waals surface area (Å²) >= 11 is 0. The van der Waals surface area contributed by atoms with Crippen molar-refractivity contribution >= 4 is 17.5 Å². The highest BCUT2D eigenvalue weighted by atomic mass is 16.2. The molecule has 5 heteroatoms. The second-order valence-electron chi connectivity index (χ2n) is 8.60. The molecule has 1 aliphatic rings. The van der Waals surface area contributed by atoms with Crippen LogP contribution in [0.1, 0.15) is 40.9 Å². The molecule has 1 aliphatic heterocycles. The summed E-state index contributed by atoms with van der Waals surface area (Å²) < 4.78 is 0. The van der Waals surface area contributed by atoms with Crippen molar-refractivity contribution in [1.82, 2.24) is 10.2 Å². The van der Waals surface area contributed by atoms with E-state index in [1.807, 2.05) is 43.9 Å². The van der Waals surface area contributed by atoms with Gasteiger partial charge in [-0.15, -0.1) is 0 Å². The van der Waals surface area contributed by atoms with E-state index in [0.717, 1.165) is 18.7 Å². The molecule has 0 radical (unpaired) electrons.